The van der Waals surface area contributed by atoms with Crippen LogP contribution in [0.5, 0.6) is 0 Å². The molecular formula is C17H19N5OS2. The van der Waals surface area contributed by atoms with Gasteiger partial charge in [-0.25, -0.2) is 0 Å². The van der Waals surface area contributed by atoms with Gasteiger partial charge in [0.05, 0.1) is 17.5 Å². The number of tetrazole rings is 1. The molecule has 0 saturated heterocycles. The number of carbonyl (C=O) groups is 1. The zero-order valence-corrected chi connectivity index (χ0v) is 15.9. The molecule has 0 spiro atoms. The fraction of sp³-hybridized carbons (Fsp3) is 0.294. The van der Waals surface area contributed by atoms with Gasteiger partial charge in [-0.15, -0.1) is 16.4 Å². The molecule has 2 aromatic heterocycles. The molecule has 8 heteroatoms. The number of nitrogens with zero attached hydrogens (tertiary/aromatic N) is 4. The summed E-state index contributed by atoms with van der Waals surface area (Å²) in [6.45, 7) is 6.02. The van der Waals surface area contributed by atoms with Gasteiger partial charge < -0.3 is 5.32 Å². The van der Waals surface area contributed by atoms with Gasteiger partial charge in [0, 0.05) is 4.88 Å². The molecule has 0 aliphatic carbocycles. The molecule has 2 heterocycles. The van der Waals surface area contributed by atoms with E-state index in [9.17, 15) is 4.79 Å². The summed E-state index contributed by atoms with van der Waals surface area (Å²) in [4.78, 5) is 13.3. The lowest BCUT2D eigenvalue weighted by molar-refractivity contribution is -0.119. The van der Waals surface area contributed by atoms with Crippen molar-refractivity contribution >= 4 is 29.0 Å². The lowest BCUT2D eigenvalue weighted by Gasteiger charge is -2.12. The van der Waals surface area contributed by atoms with Crippen LogP contribution in [-0.4, -0.2) is 31.9 Å². The molecular weight excluding hydrogens is 354 g/mol. The number of benzene rings is 1. The molecule has 6 nitrogen and oxygen atoms in total. The second-order valence-electron chi connectivity index (χ2n) is 5.76. The molecule has 3 rings (SSSR count). The summed E-state index contributed by atoms with van der Waals surface area (Å²) in [6, 6.07) is 10.1. The number of amides is 1. The predicted octanol–water partition coefficient (Wildman–Crippen LogP) is 3.31. The molecule has 1 amide bonds. The van der Waals surface area contributed by atoms with Crippen molar-refractivity contribution in [2.75, 3.05) is 5.75 Å². The highest BCUT2D eigenvalue weighted by molar-refractivity contribution is 7.99. The molecule has 0 saturated carbocycles. The Morgan fingerprint density at radius 2 is 2.20 bits per heavy atom. The predicted molar refractivity (Wildman–Crippen MR) is 100 cm³/mol. The lowest BCUT2D eigenvalue weighted by Crippen LogP contribution is -2.27. The summed E-state index contributed by atoms with van der Waals surface area (Å²) in [5.41, 5.74) is 3.14. The number of carbonyl (C=O) groups excluding carboxylic acids is 1. The van der Waals surface area contributed by atoms with E-state index in [1.807, 2.05) is 50.4 Å². The Hall–Kier alpha value is -2.19. The Bertz CT molecular complexity index is 860. The minimum absolute atomic E-state index is 0.00288. The van der Waals surface area contributed by atoms with Gasteiger partial charge >= 0.3 is 0 Å². The van der Waals surface area contributed by atoms with Crippen molar-refractivity contribution in [3.63, 3.8) is 0 Å². The molecule has 0 bridgehead atoms. The van der Waals surface area contributed by atoms with Crippen molar-refractivity contribution in [2.45, 2.75) is 32.0 Å². The summed E-state index contributed by atoms with van der Waals surface area (Å²) in [6.07, 6.45) is 0. The van der Waals surface area contributed by atoms with Gasteiger partial charge in [-0.1, -0.05) is 30.0 Å². The van der Waals surface area contributed by atoms with Gasteiger partial charge in [0.1, 0.15) is 0 Å². The molecule has 1 atom stereocenters. The monoisotopic (exact) mass is 373 g/mol. The van der Waals surface area contributed by atoms with Gasteiger partial charge in [0.15, 0.2) is 0 Å². The molecule has 0 unspecified atom stereocenters. The Labute approximate surface area is 154 Å². The van der Waals surface area contributed by atoms with Gasteiger partial charge in [-0.2, -0.15) is 4.68 Å². The van der Waals surface area contributed by atoms with Crippen molar-refractivity contribution in [2.24, 2.45) is 0 Å². The van der Waals surface area contributed by atoms with Gasteiger partial charge in [-0.05, 0) is 59.8 Å². The first-order valence-electron chi connectivity index (χ1n) is 7.86. The summed E-state index contributed by atoms with van der Waals surface area (Å²) in [5.74, 6) is 0.224. The summed E-state index contributed by atoms with van der Waals surface area (Å²) < 4.78 is 1.68. The SMILES string of the molecule is Cc1ccc(C)c(-n2nnnc2SCC(=O)N[C@H](C)c2cccs2)c1. The highest BCUT2D eigenvalue weighted by atomic mass is 32.2. The van der Waals surface area contributed by atoms with E-state index in [2.05, 4.69) is 26.9 Å². The highest BCUT2D eigenvalue weighted by Crippen LogP contribution is 2.22. The van der Waals surface area contributed by atoms with E-state index >= 15 is 0 Å². The van der Waals surface area contributed by atoms with E-state index in [0.29, 0.717) is 5.16 Å². The number of thioether (sulfide) groups is 1. The van der Waals surface area contributed by atoms with E-state index in [4.69, 9.17) is 0 Å². The Morgan fingerprint density at radius 3 is 2.96 bits per heavy atom. The number of hydrogen-bond acceptors (Lipinski definition) is 6. The number of nitrogens with one attached hydrogen (secondary N) is 1. The van der Waals surface area contributed by atoms with Crippen LogP contribution >= 0.6 is 23.1 Å². The first-order chi connectivity index (χ1) is 12.0. The van der Waals surface area contributed by atoms with Gasteiger partial charge in [0.2, 0.25) is 11.1 Å². The Morgan fingerprint density at radius 1 is 1.36 bits per heavy atom. The molecule has 25 heavy (non-hydrogen) atoms. The average Bonchev–Trinajstić information content (AvgIpc) is 3.26. The van der Waals surface area contributed by atoms with Crippen LogP contribution < -0.4 is 5.32 Å². The van der Waals surface area contributed by atoms with E-state index in [1.54, 1.807) is 16.0 Å². The molecule has 0 aliphatic rings. The van der Waals surface area contributed by atoms with Crippen LogP contribution in [0.2, 0.25) is 0 Å². The second-order valence-corrected chi connectivity index (χ2v) is 7.68. The van der Waals surface area contributed by atoms with Crippen LogP contribution in [0.15, 0.2) is 40.9 Å². The maximum Gasteiger partial charge on any atom is 0.230 e. The topological polar surface area (TPSA) is 72.7 Å². The van der Waals surface area contributed by atoms with E-state index in [0.717, 1.165) is 21.7 Å². The van der Waals surface area contributed by atoms with Crippen LogP contribution in [0.4, 0.5) is 0 Å². The number of thiophene rings is 1. The number of aromatic nitrogens is 4. The summed E-state index contributed by atoms with van der Waals surface area (Å²) in [7, 11) is 0. The van der Waals surface area contributed by atoms with Crippen LogP contribution in [0, 0.1) is 13.8 Å². The highest BCUT2D eigenvalue weighted by Gasteiger charge is 2.15. The van der Waals surface area contributed by atoms with Crippen LogP contribution in [0.1, 0.15) is 29.0 Å². The number of rotatable bonds is 6. The molecule has 130 valence electrons. The van der Waals surface area contributed by atoms with Crippen LogP contribution in [-0.2, 0) is 4.79 Å². The third-order valence-electron chi connectivity index (χ3n) is 3.71. The Balaban J connectivity index is 1.65. The van der Waals surface area contributed by atoms with E-state index in [-0.39, 0.29) is 17.7 Å². The molecule has 3 aromatic rings. The fourth-order valence-corrected chi connectivity index (χ4v) is 3.82. The van der Waals surface area contributed by atoms with Crippen molar-refractivity contribution < 1.29 is 4.79 Å². The van der Waals surface area contributed by atoms with Crippen molar-refractivity contribution in [3.05, 3.63) is 51.7 Å². The third kappa shape index (κ3) is 4.26. The van der Waals surface area contributed by atoms with Crippen LogP contribution in [0.25, 0.3) is 5.69 Å². The maximum atomic E-state index is 12.2. The van der Waals surface area contributed by atoms with E-state index in [1.165, 1.54) is 11.8 Å². The van der Waals surface area contributed by atoms with Crippen molar-refractivity contribution in [1.29, 1.82) is 0 Å². The van der Waals surface area contributed by atoms with Gasteiger partial charge in [0.25, 0.3) is 0 Å². The largest absolute Gasteiger partial charge is 0.348 e. The maximum absolute atomic E-state index is 12.2. The smallest absolute Gasteiger partial charge is 0.230 e. The van der Waals surface area contributed by atoms with Crippen molar-refractivity contribution in [3.8, 4) is 5.69 Å². The third-order valence-corrected chi connectivity index (χ3v) is 5.69. The fourth-order valence-electron chi connectivity index (χ4n) is 2.39. The first kappa shape index (κ1) is 17.6. The minimum Gasteiger partial charge on any atom is -0.348 e. The first-order valence-corrected chi connectivity index (χ1v) is 9.72. The molecule has 0 aliphatic heterocycles. The normalized spacial score (nSPS) is 12.1. The van der Waals surface area contributed by atoms with Crippen LogP contribution in [0.3, 0.4) is 0 Å². The van der Waals surface area contributed by atoms with Gasteiger partial charge in [-0.3, -0.25) is 4.79 Å². The Kier molecular flexibility index (Phi) is 5.50. The quantitative estimate of drug-likeness (QED) is 0.671. The molecule has 0 radical (unpaired) electrons. The zero-order valence-electron chi connectivity index (χ0n) is 14.3. The average molecular weight is 374 g/mol. The standard InChI is InChI=1S/C17H19N5OS2/c1-11-6-7-12(2)14(9-11)22-17(19-20-21-22)25-10-16(23)18-13(3)15-5-4-8-24-15/h4-9,13H,10H2,1-3H3,(H,18,23)/t13-/m1/s1. The molecule has 1 N–H and O–H groups in total. The summed E-state index contributed by atoms with van der Waals surface area (Å²) >= 11 is 2.96. The summed E-state index contributed by atoms with van der Waals surface area (Å²) in [5, 5.41) is 17.5. The second kappa shape index (κ2) is 7.79. The molecule has 0 fully saturated rings. The minimum atomic E-state index is -0.0404. The lowest BCUT2D eigenvalue weighted by atomic mass is 10.1. The zero-order chi connectivity index (χ0) is 17.8. The number of hydrogen-bond donors (Lipinski definition) is 1. The van der Waals surface area contributed by atoms with Crippen molar-refractivity contribution in [1.82, 2.24) is 25.5 Å². The number of aryl methyl sites for hydroxylation is 2. The van der Waals surface area contributed by atoms with E-state index < -0.39 is 0 Å². The molecule has 1 aromatic carbocycles.